The maximum absolute atomic E-state index is 9.45. The Morgan fingerprint density at radius 1 is 0.833 bits per heavy atom. The van der Waals surface area contributed by atoms with Gasteiger partial charge in [-0.25, -0.2) is 4.98 Å². The van der Waals surface area contributed by atoms with Crippen LogP contribution in [0.1, 0.15) is 0 Å². The normalized spacial score (nSPS) is 11.9. The molecule has 0 radical (unpaired) electrons. The molecule has 1 heterocycles. The number of nitrogens with zero attached hydrogens (tertiary/aromatic N) is 3. The molecule has 0 saturated carbocycles. The summed E-state index contributed by atoms with van der Waals surface area (Å²) in [5, 5.41) is 29.6. The number of aliphatic hydroxyl groups excluding tert-OH is 2. The molecular formula is C18H18N4O2. The van der Waals surface area contributed by atoms with Crippen molar-refractivity contribution < 1.29 is 10.2 Å². The Bertz CT molecular complexity index is 782. The van der Waals surface area contributed by atoms with Crippen LogP contribution in [0.5, 0.6) is 0 Å². The molecule has 0 aliphatic rings. The SMILES string of the molecule is OCC(O)CNc1nnc(-c2ccccc2)c(-c2ccccc2)n1. The minimum atomic E-state index is -0.873. The lowest BCUT2D eigenvalue weighted by molar-refractivity contribution is 0.105. The average molecular weight is 322 g/mol. The summed E-state index contributed by atoms with van der Waals surface area (Å²) in [6.45, 7) is -0.175. The van der Waals surface area contributed by atoms with E-state index in [9.17, 15) is 5.11 Å². The van der Waals surface area contributed by atoms with Gasteiger partial charge in [0, 0.05) is 17.7 Å². The van der Waals surface area contributed by atoms with Crippen molar-refractivity contribution in [3.63, 3.8) is 0 Å². The summed E-state index contributed by atoms with van der Waals surface area (Å²) in [5.74, 6) is 0.307. The van der Waals surface area contributed by atoms with Gasteiger partial charge in [-0.15, -0.1) is 10.2 Å². The summed E-state index contributed by atoms with van der Waals surface area (Å²) in [6, 6.07) is 19.5. The first-order valence-electron chi connectivity index (χ1n) is 7.66. The maximum Gasteiger partial charge on any atom is 0.243 e. The van der Waals surface area contributed by atoms with Crippen LogP contribution in [-0.2, 0) is 0 Å². The van der Waals surface area contributed by atoms with Gasteiger partial charge in [0.15, 0.2) is 0 Å². The fourth-order valence-electron chi connectivity index (χ4n) is 2.26. The Labute approximate surface area is 139 Å². The second kappa shape index (κ2) is 7.63. The van der Waals surface area contributed by atoms with Gasteiger partial charge in [-0.2, -0.15) is 0 Å². The van der Waals surface area contributed by atoms with E-state index in [0.717, 1.165) is 11.1 Å². The second-order valence-electron chi connectivity index (χ2n) is 5.28. The van der Waals surface area contributed by atoms with Gasteiger partial charge >= 0.3 is 0 Å². The molecule has 3 rings (SSSR count). The van der Waals surface area contributed by atoms with Gasteiger partial charge in [0.2, 0.25) is 5.95 Å². The summed E-state index contributed by atoms with van der Waals surface area (Å²) in [7, 11) is 0. The Hall–Kier alpha value is -2.83. The number of aliphatic hydroxyl groups is 2. The molecule has 1 atom stereocenters. The highest BCUT2D eigenvalue weighted by molar-refractivity contribution is 5.77. The van der Waals surface area contributed by atoms with Crippen molar-refractivity contribution >= 4 is 5.95 Å². The highest BCUT2D eigenvalue weighted by Gasteiger charge is 2.13. The first-order chi connectivity index (χ1) is 11.8. The smallest absolute Gasteiger partial charge is 0.243 e. The van der Waals surface area contributed by atoms with Gasteiger partial charge in [-0.3, -0.25) is 0 Å². The molecule has 1 aromatic heterocycles. The quantitative estimate of drug-likeness (QED) is 0.643. The van der Waals surface area contributed by atoms with E-state index in [-0.39, 0.29) is 13.2 Å². The average Bonchev–Trinajstić information content (AvgIpc) is 2.67. The summed E-state index contributed by atoms with van der Waals surface area (Å²) < 4.78 is 0. The highest BCUT2D eigenvalue weighted by atomic mass is 16.3. The molecular weight excluding hydrogens is 304 g/mol. The minimum absolute atomic E-state index is 0.150. The zero-order valence-corrected chi connectivity index (χ0v) is 13.0. The Morgan fingerprint density at radius 3 is 2.00 bits per heavy atom. The first-order valence-corrected chi connectivity index (χ1v) is 7.66. The molecule has 6 heteroatoms. The molecule has 24 heavy (non-hydrogen) atoms. The molecule has 3 N–H and O–H groups in total. The second-order valence-corrected chi connectivity index (χ2v) is 5.28. The predicted molar refractivity (Wildman–Crippen MR) is 92.3 cm³/mol. The van der Waals surface area contributed by atoms with Crippen LogP contribution in [0.3, 0.4) is 0 Å². The third-order valence-electron chi connectivity index (χ3n) is 3.49. The van der Waals surface area contributed by atoms with Crippen LogP contribution in [-0.4, -0.2) is 44.7 Å². The lowest BCUT2D eigenvalue weighted by Gasteiger charge is -2.12. The van der Waals surface area contributed by atoms with Crippen molar-refractivity contribution in [3.8, 4) is 22.5 Å². The topological polar surface area (TPSA) is 91.2 Å². The maximum atomic E-state index is 9.45. The summed E-state index contributed by atoms with van der Waals surface area (Å²) >= 11 is 0. The van der Waals surface area contributed by atoms with Crippen LogP contribution in [0.4, 0.5) is 5.95 Å². The summed E-state index contributed by atoms with van der Waals surface area (Å²) in [4.78, 5) is 4.55. The van der Waals surface area contributed by atoms with Crippen molar-refractivity contribution in [3.05, 3.63) is 60.7 Å². The summed E-state index contributed by atoms with van der Waals surface area (Å²) in [6.07, 6.45) is -0.873. The van der Waals surface area contributed by atoms with Gasteiger partial charge in [-0.05, 0) is 0 Å². The Kier molecular flexibility index (Phi) is 5.10. The van der Waals surface area contributed by atoms with Crippen LogP contribution < -0.4 is 5.32 Å². The van der Waals surface area contributed by atoms with Crippen molar-refractivity contribution in [2.45, 2.75) is 6.10 Å². The Morgan fingerprint density at radius 2 is 1.42 bits per heavy atom. The third kappa shape index (κ3) is 3.73. The molecule has 0 saturated heterocycles. The number of hydrogen-bond donors (Lipinski definition) is 3. The van der Waals surface area contributed by atoms with E-state index in [1.165, 1.54) is 0 Å². The predicted octanol–water partition coefficient (Wildman–Crippen LogP) is 1.97. The number of benzene rings is 2. The number of anilines is 1. The minimum Gasteiger partial charge on any atom is -0.394 e. The zero-order valence-electron chi connectivity index (χ0n) is 13.0. The van der Waals surface area contributed by atoms with Gasteiger partial charge in [0.05, 0.1) is 12.7 Å². The first kappa shape index (κ1) is 16.0. The van der Waals surface area contributed by atoms with Crippen molar-refractivity contribution in [1.29, 1.82) is 0 Å². The molecule has 0 spiro atoms. The fraction of sp³-hybridized carbons (Fsp3) is 0.167. The molecule has 0 amide bonds. The van der Waals surface area contributed by atoms with E-state index in [1.807, 2.05) is 60.7 Å². The van der Waals surface area contributed by atoms with Crippen LogP contribution in [0.15, 0.2) is 60.7 Å². The standard InChI is InChI=1S/C18H18N4O2/c23-12-15(24)11-19-18-20-16(13-7-3-1-4-8-13)17(21-22-18)14-9-5-2-6-10-14/h1-10,15,23-24H,11-12H2,(H,19,20,22). The molecule has 1 unspecified atom stereocenters. The van der Waals surface area contributed by atoms with E-state index in [1.54, 1.807) is 0 Å². The van der Waals surface area contributed by atoms with Crippen LogP contribution in [0.2, 0.25) is 0 Å². The van der Waals surface area contributed by atoms with E-state index in [4.69, 9.17) is 5.11 Å². The van der Waals surface area contributed by atoms with E-state index in [0.29, 0.717) is 17.3 Å². The van der Waals surface area contributed by atoms with Crippen molar-refractivity contribution in [2.75, 3.05) is 18.5 Å². The van der Waals surface area contributed by atoms with E-state index >= 15 is 0 Å². The van der Waals surface area contributed by atoms with Gasteiger partial charge in [0.1, 0.15) is 11.4 Å². The Balaban J connectivity index is 2.00. The number of aromatic nitrogens is 3. The van der Waals surface area contributed by atoms with E-state index in [2.05, 4.69) is 20.5 Å². The van der Waals surface area contributed by atoms with Gasteiger partial charge < -0.3 is 15.5 Å². The molecule has 6 nitrogen and oxygen atoms in total. The summed E-state index contributed by atoms with van der Waals surface area (Å²) in [5.41, 5.74) is 3.25. The largest absolute Gasteiger partial charge is 0.394 e. The lowest BCUT2D eigenvalue weighted by atomic mass is 10.0. The zero-order chi connectivity index (χ0) is 16.8. The molecule has 0 aliphatic heterocycles. The van der Waals surface area contributed by atoms with Gasteiger partial charge in [-0.1, -0.05) is 60.7 Å². The highest BCUT2D eigenvalue weighted by Crippen LogP contribution is 2.28. The van der Waals surface area contributed by atoms with Crippen molar-refractivity contribution in [2.24, 2.45) is 0 Å². The van der Waals surface area contributed by atoms with Crippen molar-refractivity contribution in [1.82, 2.24) is 15.2 Å². The number of nitrogens with one attached hydrogen (secondary N) is 1. The van der Waals surface area contributed by atoms with Crippen LogP contribution in [0, 0.1) is 0 Å². The molecule has 3 aromatic rings. The monoisotopic (exact) mass is 322 g/mol. The molecule has 0 fully saturated rings. The molecule has 0 aliphatic carbocycles. The van der Waals surface area contributed by atoms with E-state index < -0.39 is 6.10 Å². The molecule has 0 bridgehead atoms. The van der Waals surface area contributed by atoms with Crippen LogP contribution in [0.25, 0.3) is 22.5 Å². The van der Waals surface area contributed by atoms with Crippen LogP contribution >= 0.6 is 0 Å². The molecule has 2 aromatic carbocycles. The number of hydrogen-bond acceptors (Lipinski definition) is 6. The third-order valence-corrected chi connectivity index (χ3v) is 3.49. The fourth-order valence-corrected chi connectivity index (χ4v) is 2.26. The molecule has 122 valence electrons. The number of rotatable bonds is 6. The van der Waals surface area contributed by atoms with Gasteiger partial charge in [0.25, 0.3) is 0 Å². The lowest BCUT2D eigenvalue weighted by Crippen LogP contribution is -2.24.